The predicted molar refractivity (Wildman–Crippen MR) is 118 cm³/mol. The SMILES string of the molecule is CCCCCCCC/C=C/C(CCCCCCCCCCC)COS(=O)(=O)[O-].[Na+]. The van der Waals surface area contributed by atoms with Crippen molar-refractivity contribution in [3.63, 3.8) is 0 Å². The minimum absolute atomic E-state index is 0. The largest absolute Gasteiger partial charge is 1.00 e. The summed E-state index contributed by atoms with van der Waals surface area (Å²) in [5.74, 6) is 0.0216. The van der Waals surface area contributed by atoms with Crippen molar-refractivity contribution < 1.29 is 46.7 Å². The molecule has 0 aromatic heterocycles. The Hall–Kier alpha value is 0.610. The standard InChI is InChI=1S/C23H46O4S.Na/c1-3-5-7-9-11-13-15-17-19-21-23(22-27-28(24,25)26)20-18-16-14-12-10-8-6-4-2;/h18,20,23H,3-17,19,21-22H2,1-2H3,(H,24,25,26);/q;+1/p-1/b20-18+;. The molecule has 0 saturated heterocycles. The molecule has 0 bridgehead atoms. The molecule has 6 heteroatoms. The topological polar surface area (TPSA) is 66.4 Å². The van der Waals surface area contributed by atoms with Gasteiger partial charge in [0, 0.05) is 5.92 Å². The van der Waals surface area contributed by atoms with Crippen LogP contribution in [0.4, 0.5) is 0 Å². The van der Waals surface area contributed by atoms with Crippen LogP contribution in [0.5, 0.6) is 0 Å². The van der Waals surface area contributed by atoms with Crippen LogP contribution in [0.25, 0.3) is 0 Å². The van der Waals surface area contributed by atoms with E-state index in [2.05, 4.69) is 30.2 Å². The number of hydrogen-bond acceptors (Lipinski definition) is 4. The molecular formula is C23H45NaO4S. The van der Waals surface area contributed by atoms with Crippen molar-refractivity contribution in [1.82, 2.24) is 0 Å². The summed E-state index contributed by atoms with van der Waals surface area (Å²) in [5.41, 5.74) is 0. The molecule has 0 saturated carbocycles. The molecule has 0 amide bonds. The molecule has 0 rings (SSSR count). The summed E-state index contributed by atoms with van der Waals surface area (Å²) in [5, 5.41) is 0. The van der Waals surface area contributed by atoms with Crippen LogP contribution in [0.15, 0.2) is 12.2 Å². The number of allylic oxidation sites excluding steroid dienone is 1. The molecular weight excluding hydrogens is 395 g/mol. The third kappa shape index (κ3) is 26.6. The second-order valence-corrected chi connectivity index (χ2v) is 9.11. The zero-order valence-electron chi connectivity index (χ0n) is 19.5. The molecule has 29 heavy (non-hydrogen) atoms. The molecule has 0 aromatic rings. The quantitative estimate of drug-likeness (QED) is 0.0877. The first-order chi connectivity index (χ1) is 13.5. The monoisotopic (exact) mass is 440 g/mol. The molecule has 0 radical (unpaired) electrons. The van der Waals surface area contributed by atoms with Crippen molar-refractivity contribution >= 4 is 10.4 Å². The first-order valence-corrected chi connectivity index (χ1v) is 13.1. The van der Waals surface area contributed by atoms with Gasteiger partial charge in [-0.3, -0.25) is 4.18 Å². The van der Waals surface area contributed by atoms with Crippen molar-refractivity contribution in [3.8, 4) is 0 Å². The second kappa shape index (κ2) is 23.3. The number of unbranched alkanes of at least 4 members (excludes halogenated alkanes) is 14. The maximum Gasteiger partial charge on any atom is 1.00 e. The van der Waals surface area contributed by atoms with Gasteiger partial charge in [-0.25, -0.2) is 8.42 Å². The van der Waals surface area contributed by atoms with E-state index in [1.165, 1.54) is 89.9 Å². The molecule has 0 heterocycles. The molecule has 0 N–H and O–H groups in total. The molecule has 168 valence electrons. The van der Waals surface area contributed by atoms with Crippen LogP contribution >= 0.6 is 0 Å². The Labute approximate surface area is 203 Å². The summed E-state index contributed by atoms with van der Waals surface area (Å²) >= 11 is 0. The van der Waals surface area contributed by atoms with Crippen molar-refractivity contribution in [2.75, 3.05) is 6.61 Å². The van der Waals surface area contributed by atoms with Crippen molar-refractivity contribution in [2.45, 2.75) is 123 Å². The Morgan fingerprint density at radius 2 is 1.21 bits per heavy atom. The molecule has 0 spiro atoms. The molecule has 1 unspecified atom stereocenters. The summed E-state index contributed by atoms with van der Waals surface area (Å²) < 4.78 is 36.8. The summed E-state index contributed by atoms with van der Waals surface area (Å²) in [6, 6.07) is 0. The van der Waals surface area contributed by atoms with Gasteiger partial charge in [-0.1, -0.05) is 116 Å². The summed E-state index contributed by atoms with van der Waals surface area (Å²) in [6.45, 7) is 4.44. The first kappa shape index (κ1) is 31.8. The van der Waals surface area contributed by atoms with Gasteiger partial charge in [-0.15, -0.1) is 0 Å². The van der Waals surface area contributed by atoms with Gasteiger partial charge in [0.15, 0.2) is 0 Å². The molecule has 0 aliphatic carbocycles. The van der Waals surface area contributed by atoms with Gasteiger partial charge in [0.2, 0.25) is 10.4 Å². The average molecular weight is 441 g/mol. The van der Waals surface area contributed by atoms with Crippen LogP contribution in [-0.4, -0.2) is 19.6 Å². The third-order valence-corrected chi connectivity index (χ3v) is 5.66. The summed E-state index contributed by atoms with van der Waals surface area (Å²) in [7, 11) is -4.60. The molecule has 4 nitrogen and oxygen atoms in total. The maximum atomic E-state index is 10.8. The van der Waals surface area contributed by atoms with E-state index < -0.39 is 10.4 Å². The van der Waals surface area contributed by atoms with Crippen LogP contribution < -0.4 is 29.6 Å². The van der Waals surface area contributed by atoms with Gasteiger partial charge in [-0.2, -0.15) is 0 Å². The predicted octanol–water partition coefficient (Wildman–Crippen LogP) is 4.31. The van der Waals surface area contributed by atoms with Gasteiger partial charge in [0.1, 0.15) is 0 Å². The van der Waals surface area contributed by atoms with E-state index in [0.717, 1.165) is 19.3 Å². The Bertz CT molecular complexity index is 452. The minimum atomic E-state index is -4.60. The van der Waals surface area contributed by atoms with Crippen LogP contribution in [0.2, 0.25) is 0 Å². The Balaban J connectivity index is 0. The van der Waals surface area contributed by atoms with Gasteiger partial charge in [-0.05, 0) is 19.3 Å². The molecule has 0 aromatic carbocycles. The van der Waals surface area contributed by atoms with E-state index in [-0.39, 0.29) is 42.1 Å². The van der Waals surface area contributed by atoms with E-state index in [1.807, 2.05) is 0 Å². The fraction of sp³-hybridized carbons (Fsp3) is 0.913. The second-order valence-electron chi connectivity index (χ2n) is 8.05. The fourth-order valence-electron chi connectivity index (χ4n) is 3.45. The van der Waals surface area contributed by atoms with Crippen LogP contribution in [-0.2, 0) is 14.6 Å². The Morgan fingerprint density at radius 3 is 1.69 bits per heavy atom. The normalized spacial score (nSPS) is 12.9. The number of rotatable bonds is 21. The zero-order chi connectivity index (χ0) is 20.9. The van der Waals surface area contributed by atoms with Crippen LogP contribution in [0, 0.1) is 5.92 Å². The van der Waals surface area contributed by atoms with Crippen molar-refractivity contribution in [3.05, 3.63) is 12.2 Å². The van der Waals surface area contributed by atoms with Crippen LogP contribution in [0.1, 0.15) is 123 Å². The summed E-state index contributed by atoms with van der Waals surface area (Å²) in [4.78, 5) is 0. The molecule has 0 aliphatic heterocycles. The Morgan fingerprint density at radius 1 is 0.759 bits per heavy atom. The minimum Gasteiger partial charge on any atom is -0.726 e. The van der Waals surface area contributed by atoms with Crippen molar-refractivity contribution in [2.24, 2.45) is 5.92 Å². The van der Waals surface area contributed by atoms with Gasteiger partial charge in [0.05, 0.1) is 6.61 Å². The molecule has 1 atom stereocenters. The van der Waals surface area contributed by atoms with E-state index >= 15 is 0 Å². The summed E-state index contributed by atoms with van der Waals surface area (Å²) in [6.07, 6.45) is 25.1. The van der Waals surface area contributed by atoms with Crippen molar-refractivity contribution in [1.29, 1.82) is 0 Å². The van der Waals surface area contributed by atoms with E-state index in [1.54, 1.807) is 0 Å². The van der Waals surface area contributed by atoms with Gasteiger partial charge in [0.25, 0.3) is 0 Å². The van der Waals surface area contributed by atoms with Gasteiger partial charge < -0.3 is 4.55 Å². The fourth-order valence-corrected chi connectivity index (χ4v) is 3.80. The smallest absolute Gasteiger partial charge is 0.726 e. The molecule has 0 aliphatic rings. The van der Waals surface area contributed by atoms with Gasteiger partial charge >= 0.3 is 29.6 Å². The average Bonchev–Trinajstić information content (AvgIpc) is 2.65. The number of hydrogen-bond donors (Lipinski definition) is 0. The Kier molecular flexibility index (Phi) is 25.5. The van der Waals surface area contributed by atoms with E-state index in [0.29, 0.717) is 0 Å². The van der Waals surface area contributed by atoms with Crippen LogP contribution in [0.3, 0.4) is 0 Å². The third-order valence-electron chi connectivity index (χ3n) is 5.24. The first-order valence-electron chi connectivity index (χ1n) is 11.8. The van der Waals surface area contributed by atoms with E-state index in [9.17, 15) is 13.0 Å². The van der Waals surface area contributed by atoms with E-state index in [4.69, 9.17) is 0 Å². The molecule has 0 fully saturated rings. The maximum absolute atomic E-state index is 10.8. The zero-order valence-corrected chi connectivity index (χ0v) is 22.3.